The smallest absolute Gasteiger partial charge is 0.339 e. The van der Waals surface area contributed by atoms with E-state index in [1.54, 1.807) is 0 Å². The molecule has 106 valence electrons. The van der Waals surface area contributed by atoms with Crippen LogP contribution < -0.4 is 10.2 Å². The fourth-order valence-electron chi connectivity index (χ4n) is 3.03. The number of carboxylic acid groups (broad SMARTS) is 1. The summed E-state index contributed by atoms with van der Waals surface area (Å²) in [5, 5.41) is 12.0. The second kappa shape index (κ2) is 4.73. The maximum absolute atomic E-state index is 13.2. The molecule has 2 atom stereocenters. The molecular formula is C13H14FN3O3. The van der Waals surface area contributed by atoms with Gasteiger partial charge >= 0.3 is 5.97 Å². The number of nitrogens with one attached hydrogen (secondary N) is 1. The molecule has 1 amide bonds. The Balaban J connectivity index is 2.00. The van der Waals surface area contributed by atoms with E-state index >= 15 is 0 Å². The van der Waals surface area contributed by atoms with Crippen LogP contribution in [0.4, 0.5) is 10.2 Å². The van der Waals surface area contributed by atoms with E-state index in [0.29, 0.717) is 13.1 Å². The third kappa shape index (κ3) is 1.99. The third-order valence-corrected chi connectivity index (χ3v) is 3.94. The van der Waals surface area contributed by atoms with Gasteiger partial charge in [-0.1, -0.05) is 0 Å². The number of halogens is 1. The van der Waals surface area contributed by atoms with E-state index in [1.165, 1.54) is 0 Å². The highest BCUT2D eigenvalue weighted by Crippen LogP contribution is 2.32. The van der Waals surface area contributed by atoms with E-state index in [2.05, 4.69) is 10.3 Å². The SMILES string of the molecule is O=C(O)c1cc(F)cnc1N1CCCC2C(=O)NCC21. The van der Waals surface area contributed by atoms with Gasteiger partial charge in [0.05, 0.1) is 18.2 Å². The zero-order valence-corrected chi connectivity index (χ0v) is 10.7. The number of carbonyl (C=O) groups excluding carboxylic acids is 1. The van der Waals surface area contributed by atoms with Crippen molar-refractivity contribution in [3.05, 3.63) is 23.6 Å². The summed E-state index contributed by atoms with van der Waals surface area (Å²) in [5.74, 6) is -1.80. The van der Waals surface area contributed by atoms with Crippen LogP contribution in [0.2, 0.25) is 0 Å². The summed E-state index contributed by atoms with van der Waals surface area (Å²) in [6, 6.07) is 0.866. The van der Waals surface area contributed by atoms with Gasteiger partial charge in [0.15, 0.2) is 0 Å². The molecule has 0 saturated carbocycles. The number of pyridine rings is 1. The highest BCUT2D eigenvalue weighted by molar-refractivity contribution is 5.93. The standard InChI is InChI=1S/C13H14FN3O3/c14-7-4-9(13(19)20)11(15-5-7)17-3-1-2-8-10(17)6-16-12(8)18/h4-5,8,10H,1-3,6H2,(H,16,18)(H,19,20). The number of carbonyl (C=O) groups is 2. The van der Waals surface area contributed by atoms with Gasteiger partial charge in [0.2, 0.25) is 5.91 Å². The minimum atomic E-state index is -1.22. The summed E-state index contributed by atoms with van der Waals surface area (Å²) in [4.78, 5) is 28.7. The van der Waals surface area contributed by atoms with Crippen molar-refractivity contribution in [2.45, 2.75) is 18.9 Å². The Morgan fingerprint density at radius 2 is 2.35 bits per heavy atom. The lowest BCUT2D eigenvalue weighted by molar-refractivity contribution is -0.123. The molecule has 3 rings (SSSR count). The quantitative estimate of drug-likeness (QED) is 0.830. The number of hydrogen-bond acceptors (Lipinski definition) is 4. The molecule has 2 N–H and O–H groups in total. The first kappa shape index (κ1) is 12.8. The van der Waals surface area contributed by atoms with Crippen LogP contribution >= 0.6 is 0 Å². The summed E-state index contributed by atoms with van der Waals surface area (Å²) >= 11 is 0. The summed E-state index contributed by atoms with van der Waals surface area (Å²) in [5.41, 5.74) is -0.162. The molecule has 2 unspecified atom stereocenters. The van der Waals surface area contributed by atoms with Crippen LogP contribution in [0.5, 0.6) is 0 Å². The predicted molar refractivity (Wildman–Crippen MR) is 68.0 cm³/mol. The van der Waals surface area contributed by atoms with Gasteiger partial charge < -0.3 is 15.3 Å². The van der Waals surface area contributed by atoms with Crippen molar-refractivity contribution in [1.29, 1.82) is 0 Å². The Bertz CT molecular complexity index is 578. The number of rotatable bonds is 2. The molecule has 2 saturated heterocycles. The van der Waals surface area contributed by atoms with Crippen LogP contribution in [0.1, 0.15) is 23.2 Å². The zero-order chi connectivity index (χ0) is 14.3. The van der Waals surface area contributed by atoms with Gasteiger partial charge in [-0.2, -0.15) is 0 Å². The lowest BCUT2D eigenvalue weighted by atomic mass is 9.91. The topological polar surface area (TPSA) is 82.5 Å². The molecular weight excluding hydrogens is 265 g/mol. The van der Waals surface area contributed by atoms with E-state index in [1.807, 2.05) is 4.90 Å². The van der Waals surface area contributed by atoms with Crippen molar-refractivity contribution in [2.75, 3.05) is 18.0 Å². The lowest BCUT2D eigenvalue weighted by Crippen LogP contribution is -2.46. The number of carboxylic acids is 1. The maximum atomic E-state index is 13.2. The van der Waals surface area contributed by atoms with Crippen molar-refractivity contribution in [1.82, 2.24) is 10.3 Å². The number of aromatic nitrogens is 1. The van der Waals surface area contributed by atoms with Gasteiger partial charge in [-0.25, -0.2) is 14.2 Å². The highest BCUT2D eigenvalue weighted by atomic mass is 19.1. The van der Waals surface area contributed by atoms with Gasteiger partial charge in [0.1, 0.15) is 17.2 Å². The van der Waals surface area contributed by atoms with Crippen LogP contribution in [0.3, 0.4) is 0 Å². The van der Waals surface area contributed by atoms with Crippen molar-refractivity contribution < 1.29 is 19.1 Å². The number of hydrogen-bond donors (Lipinski definition) is 2. The van der Waals surface area contributed by atoms with E-state index in [0.717, 1.165) is 25.1 Å². The number of piperidine rings is 1. The second-order valence-electron chi connectivity index (χ2n) is 5.08. The maximum Gasteiger partial charge on any atom is 0.339 e. The first-order valence-corrected chi connectivity index (χ1v) is 6.51. The monoisotopic (exact) mass is 279 g/mol. The minimum absolute atomic E-state index is 0.00122. The molecule has 0 aromatic carbocycles. The molecule has 0 aliphatic carbocycles. The normalized spacial score (nSPS) is 25.2. The van der Waals surface area contributed by atoms with E-state index < -0.39 is 11.8 Å². The van der Waals surface area contributed by atoms with Gasteiger partial charge in [-0.3, -0.25) is 4.79 Å². The fraction of sp³-hybridized carbons (Fsp3) is 0.462. The Kier molecular flexibility index (Phi) is 3.04. The van der Waals surface area contributed by atoms with E-state index in [-0.39, 0.29) is 29.2 Å². The van der Waals surface area contributed by atoms with Crippen LogP contribution in [0.25, 0.3) is 0 Å². The average Bonchev–Trinajstić information content (AvgIpc) is 2.81. The van der Waals surface area contributed by atoms with Crippen LogP contribution in [-0.2, 0) is 4.79 Å². The number of fused-ring (bicyclic) bond motifs is 1. The van der Waals surface area contributed by atoms with Gasteiger partial charge in [0, 0.05) is 13.1 Å². The average molecular weight is 279 g/mol. The molecule has 6 nitrogen and oxygen atoms in total. The molecule has 2 aliphatic rings. The Morgan fingerprint density at radius 1 is 1.55 bits per heavy atom. The van der Waals surface area contributed by atoms with Crippen molar-refractivity contribution in [3.63, 3.8) is 0 Å². The second-order valence-corrected chi connectivity index (χ2v) is 5.08. The number of amides is 1. The van der Waals surface area contributed by atoms with Gasteiger partial charge in [-0.05, 0) is 18.9 Å². The summed E-state index contributed by atoms with van der Waals surface area (Å²) in [6.45, 7) is 1.09. The minimum Gasteiger partial charge on any atom is -0.478 e. The Labute approximate surface area is 114 Å². The molecule has 1 aromatic heterocycles. The molecule has 0 spiro atoms. The van der Waals surface area contributed by atoms with E-state index in [4.69, 9.17) is 0 Å². The van der Waals surface area contributed by atoms with E-state index in [9.17, 15) is 19.1 Å². The lowest BCUT2D eigenvalue weighted by Gasteiger charge is -2.37. The molecule has 0 bridgehead atoms. The van der Waals surface area contributed by atoms with Crippen LogP contribution in [-0.4, -0.2) is 41.1 Å². The molecule has 7 heteroatoms. The predicted octanol–water partition coefficient (Wildman–Crippen LogP) is 0.634. The fourth-order valence-corrected chi connectivity index (χ4v) is 3.03. The van der Waals surface area contributed by atoms with Crippen LogP contribution in [0, 0.1) is 11.7 Å². The summed E-state index contributed by atoms with van der Waals surface area (Å²) < 4.78 is 13.2. The summed E-state index contributed by atoms with van der Waals surface area (Å²) in [6.07, 6.45) is 2.58. The number of aromatic carboxylic acids is 1. The number of anilines is 1. The molecule has 2 aliphatic heterocycles. The summed E-state index contributed by atoms with van der Waals surface area (Å²) in [7, 11) is 0. The largest absolute Gasteiger partial charge is 0.478 e. The van der Waals surface area contributed by atoms with Crippen molar-refractivity contribution in [2.24, 2.45) is 5.92 Å². The molecule has 3 heterocycles. The molecule has 1 aromatic rings. The zero-order valence-electron chi connectivity index (χ0n) is 10.7. The first-order valence-electron chi connectivity index (χ1n) is 6.51. The Morgan fingerprint density at radius 3 is 3.10 bits per heavy atom. The molecule has 0 radical (unpaired) electrons. The van der Waals surface area contributed by atoms with Crippen LogP contribution in [0.15, 0.2) is 12.3 Å². The third-order valence-electron chi connectivity index (χ3n) is 3.94. The van der Waals surface area contributed by atoms with Crippen molar-refractivity contribution >= 4 is 17.7 Å². The molecule has 20 heavy (non-hydrogen) atoms. The Hall–Kier alpha value is -2.18. The molecule has 2 fully saturated rings. The first-order chi connectivity index (χ1) is 9.58. The van der Waals surface area contributed by atoms with Gasteiger partial charge in [-0.15, -0.1) is 0 Å². The van der Waals surface area contributed by atoms with Gasteiger partial charge in [0.25, 0.3) is 0 Å². The highest BCUT2D eigenvalue weighted by Gasteiger charge is 2.42. The van der Waals surface area contributed by atoms with Crippen molar-refractivity contribution in [3.8, 4) is 0 Å². The number of nitrogens with zero attached hydrogens (tertiary/aromatic N) is 2.